The highest BCUT2D eigenvalue weighted by molar-refractivity contribution is 6.08. The number of hydrogen-bond donors (Lipinski definition) is 1. The lowest BCUT2D eigenvalue weighted by molar-refractivity contribution is -0.127. The second-order valence-corrected chi connectivity index (χ2v) is 10.0. The highest BCUT2D eigenvalue weighted by atomic mass is 19.3. The van der Waals surface area contributed by atoms with Gasteiger partial charge < -0.3 is 15.0 Å². The molecule has 2 saturated heterocycles. The van der Waals surface area contributed by atoms with Crippen molar-refractivity contribution in [3.05, 3.63) is 35.9 Å². The van der Waals surface area contributed by atoms with Gasteiger partial charge in [-0.15, -0.1) is 0 Å². The Morgan fingerprint density at radius 3 is 2.68 bits per heavy atom. The molecule has 9 nitrogen and oxygen atoms in total. The van der Waals surface area contributed by atoms with Crippen LogP contribution in [0.3, 0.4) is 0 Å². The third kappa shape index (κ3) is 3.62. The minimum absolute atomic E-state index is 0.0313. The van der Waals surface area contributed by atoms with Crippen LogP contribution in [-0.4, -0.2) is 56.6 Å². The van der Waals surface area contributed by atoms with Gasteiger partial charge in [0.15, 0.2) is 11.3 Å². The third-order valence-electron chi connectivity index (χ3n) is 7.37. The zero-order valence-electron chi connectivity index (χ0n) is 19.0. The van der Waals surface area contributed by atoms with Gasteiger partial charge in [-0.05, 0) is 37.7 Å². The number of fused-ring (bicyclic) bond motifs is 1. The van der Waals surface area contributed by atoms with E-state index in [2.05, 4.69) is 32.3 Å². The van der Waals surface area contributed by atoms with E-state index in [4.69, 9.17) is 4.74 Å². The van der Waals surface area contributed by atoms with Crippen LogP contribution in [0.1, 0.15) is 61.1 Å². The minimum Gasteiger partial charge on any atom is -0.380 e. The molecule has 0 bridgehead atoms. The molecule has 1 N–H and O–H groups in total. The van der Waals surface area contributed by atoms with Crippen molar-refractivity contribution >= 4 is 23.1 Å². The molecule has 5 heterocycles. The summed E-state index contributed by atoms with van der Waals surface area (Å²) in [7, 11) is 0. The first-order valence-corrected chi connectivity index (χ1v) is 11.8. The summed E-state index contributed by atoms with van der Waals surface area (Å²) < 4.78 is 35.9. The predicted octanol–water partition coefficient (Wildman–Crippen LogP) is 3.70. The van der Waals surface area contributed by atoms with E-state index in [1.807, 2.05) is 6.07 Å². The lowest BCUT2D eigenvalue weighted by atomic mass is 9.78. The van der Waals surface area contributed by atoms with Crippen molar-refractivity contribution in [2.24, 2.45) is 11.3 Å². The first-order chi connectivity index (χ1) is 16.4. The number of anilines is 2. The van der Waals surface area contributed by atoms with Gasteiger partial charge in [-0.25, -0.2) is 18.3 Å². The first-order valence-electron chi connectivity index (χ1n) is 11.8. The van der Waals surface area contributed by atoms with Gasteiger partial charge in [0.25, 0.3) is 12.3 Å². The smallest absolute Gasteiger partial charge is 0.284 e. The molecule has 3 aliphatic rings. The van der Waals surface area contributed by atoms with Crippen LogP contribution in [0.25, 0.3) is 5.65 Å². The number of nitrogens with one attached hydrogen (secondary N) is 1. The molecule has 11 heteroatoms. The normalized spacial score (nSPS) is 23.8. The number of carbonyl (C=O) groups excluding carboxylic acids is 1. The summed E-state index contributed by atoms with van der Waals surface area (Å²) in [6, 6.07) is 1.93. The number of carbonyl (C=O) groups is 1. The van der Waals surface area contributed by atoms with Gasteiger partial charge in [0.2, 0.25) is 0 Å². The molecular weight excluding hydrogens is 444 g/mol. The highest BCUT2D eigenvalue weighted by Crippen LogP contribution is 2.39. The predicted molar refractivity (Wildman–Crippen MR) is 120 cm³/mol. The number of amides is 1. The van der Waals surface area contributed by atoms with Crippen LogP contribution in [0.4, 0.5) is 20.3 Å². The summed E-state index contributed by atoms with van der Waals surface area (Å²) in [6.45, 7) is 5.47. The lowest BCUT2D eigenvalue weighted by Crippen LogP contribution is -2.66. The Morgan fingerprint density at radius 1 is 1.24 bits per heavy atom. The van der Waals surface area contributed by atoms with Crippen LogP contribution < -0.4 is 10.2 Å². The van der Waals surface area contributed by atoms with Crippen molar-refractivity contribution in [3.8, 4) is 0 Å². The topological polar surface area (TPSA) is 89.6 Å². The van der Waals surface area contributed by atoms with Gasteiger partial charge in [-0.3, -0.25) is 9.48 Å². The van der Waals surface area contributed by atoms with E-state index in [-0.39, 0.29) is 22.7 Å². The number of alkyl halides is 2. The number of hydrogen-bond acceptors (Lipinski definition) is 6. The molecule has 1 saturated carbocycles. The molecule has 2 aliphatic heterocycles. The second kappa shape index (κ2) is 8.00. The molecule has 34 heavy (non-hydrogen) atoms. The zero-order valence-corrected chi connectivity index (χ0v) is 19.0. The van der Waals surface area contributed by atoms with Gasteiger partial charge in [-0.1, -0.05) is 6.92 Å². The summed E-state index contributed by atoms with van der Waals surface area (Å²) in [5.41, 5.74) is 0.460. The van der Waals surface area contributed by atoms with Crippen molar-refractivity contribution in [3.63, 3.8) is 0 Å². The monoisotopic (exact) mass is 471 g/mol. The van der Waals surface area contributed by atoms with Crippen molar-refractivity contribution < 1.29 is 18.3 Å². The molecule has 1 aliphatic carbocycles. The lowest BCUT2D eigenvalue weighted by Gasteiger charge is -2.55. The van der Waals surface area contributed by atoms with Crippen molar-refractivity contribution in [2.45, 2.75) is 45.1 Å². The third-order valence-corrected chi connectivity index (χ3v) is 7.37. The maximum Gasteiger partial charge on any atom is 0.284 e. The van der Waals surface area contributed by atoms with Crippen LogP contribution in [0.15, 0.2) is 24.7 Å². The molecule has 1 amide bonds. The molecule has 6 rings (SSSR count). The number of nitrogens with zero attached hydrogens (tertiary/aromatic N) is 6. The van der Waals surface area contributed by atoms with Crippen LogP contribution in [-0.2, 0) is 4.74 Å². The number of aromatic nitrogens is 5. The number of halogens is 2. The van der Waals surface area contributed by atoms with Crippen molar-refractivity contribution in [1.82, 2.24) is 24.4 Å². The molecule has 0 unspecified atom stereocenters. The molecule has 3 aromatic rings. The Kier molecular flexibility index (Phi) is 5.05. The summed E-state index contributed by atoms with van der Waals surface area (Å²) in [5, 5.41) is 11.0. The molecule has 0 aromatic carbocycles. The average Bonchev–Trinajstić information content (AvgIpc) is 3.36. The minimum atomic E-state index is -2.79. The first kappa shape index (κ1) is 21.5. The fraction of sp³-hybridized carbons (Fsp3) is 0.565. The quantitative estimate of drug-likeness (QED) is 0.610. The van der Waals surface area contributed by atoms with E-state index >= 15 is 0 Å². The van der Waals surface area contributed by atoms with E-state index in [0.717, 1.165) is 57.8 Å². The fourth-order valence-electron chi connectivity index (χ4n) is 5.24. The van der Waals surface area contributed by atoms with E-state index in [1.54, 1.807) is 10.9 Å². The summed E-state index contributed by atoms with van der Waals surface area (Å²) >= 11 is 0. The summed E-state index contributed by atoms with van der Waals surface area (Å²) in [6.07, 6.45) is 5.77. The summed E-state index contributed by atoms with van der Waals surface area (Å²) in [5.74, 6) is 0.857. The molecule has 3 fully saturated rings. The fourth-order valence-corrected chi connectivity index (χ4v) is 5.24. The Balaban J connectivity index is 1.23. The van der Waals surface area contributed by atoms with Crippen LogP contribution in [0.5, 0.6) is 0 Å². The summed E-state index contributed by atoms with van der Waals surface area (Å²) in [4.78, 5) is 19.9. The second-order valence-electron chi connectivity index (χ2n) is 10.0. The van der Waals surface area contributed by atoms with E-state index in [9.17, 15) is 13.6 Å². The van der Waals surface area contributed by atoms with E-state index < -0.39 is 18.0 Å². The average molecular weight is 472 g/mol. The largest absolute Gasteiger partial charge is 0.380 e. The zero-order chi connectivity index (χ0) is 23.4. The van der Waals surface area contributed by atoms with Gasteiger partial charge in [0.1, 0.15) is 11.4 Å². The van der Waals surface area contributed by atoms with Gasteiger partial charge >= 0.3 is 0 Å². The SMILES string of the molecule is CC1CCC(n2cc(NC(=O)c3cnn4ccc(N5CC6(COC6)C5)nc34)c(C(F)F)n2)CC1. The van der Waals surface area contributed by atoms with Crippen LogP contribution >= 0.6 is 0 Å². The molecule has 180 valence electrons. The molecule has 1 spiro atoms. The van der Waals surface area contributed by atoms with Gasteiger partial charge in [-0.2, -0.15) is 10.2 Å². The molecule has 3 aromatic heterocycles. The van der Waals surface area contributed by atoms with Gasteiger partial charge in [0.05, 0.1) is 36.6 Å². The van der Waals surface area contributed by atoms with Crippen LogP contribution in [0, 0.1) is 11.3 Å². The Hall–Kier alpha value is -3.08. The molecule has 0 atom stereocenters. The Labute approximate surface area is 195 Å². The molecular formula is C23H27F2N7O2. The van der Waals surface area contributed by atoms with E-state index in [0.29, 0.717) is 11.6 Å². The number of ether oxygens (including phenoxy) is 1. The maximum atomic E-state index is 13.7. The van der Waals surface area contributed by atoms with E-state index in [1.165, 1.54) is 16.9 Å². The van der Waals surface area contributed by atoms with Crippen molar-refractivity contribution in [2.75, 3.05) is 36.5 Å². The maximum absolute atomic E-state index is 13.7. The number of rotatable bonds is 5. The Bertz CT molecular complexity index is 1220. The standard InChI is InChI=1S/C23H27F2N7O2/c1-14-2-4-15(5-3-14)32-9-17(19(29-32)20(24)25)27-22(33)16-8-26-31-7-6-18(28-21(16)31)30-10-23(11-30)12-34-13-23/h6-9,14-15,20H,2-5,10-13H2,1H3,(H,27,33). The van der Waals surface area contributed by atoms with Crippen molar-refractivity contribution in [1.29, 1.82) is 0 Å². The Morgan fingerprint density at radius 2 is 2.00 bits per heavy atom. The highest BCUT2D eigenvalue weighted by Gasteiger charge is 2.49. The van der Waals surface area contributed by atoms with Gasteiger partial charge in [0, 0.05) is 25.5 Å². The van der Waals surface area contributed by atoms with Crippen LogP contribution in [0.2, 0.25) is 0 Å². The molecule has 0 radical (unpaired) electrons.